The van der Waals surface area contributed by atoms with Crippen molar-refractivity contribution in [3.05, 3.63) is 118 Å². The molecule has 0 fully saturated rings. The molecular weight excluding hydrogens is 458 g/mol. The molecule has 36 heavy (non-hydrogen) atoms. The van der Waals surface area contributed by atoms with E-state index in [1.807, 2.05) is 60.7 Å². The van der Waals surface area contributed by atoms with Gasteiger partial charge in [-0.15, -0.1) is 0 Å². The Labute approximate surface area is 205 Å². The molecule has 1 N–H and O–H groups in total. The maximum absolute atomic E-state index is 13.0. The van der Waals surface area contributed by atoms with Crippen LogP contribution >= 0.6 is 0 Å². The molecule has 0 aliphatic heterocycles. The summed E-state index contributed by atoms with van der Waals surface area (Å²) in [5.74, 6) is 0.219. The Bertz CT molecular complexity index is 1590. The van der Waals surface area contributed by atoms with Crippen molar-refractivity contribution in [3.8, 4) is 39.8 Å². The number of hydrogen-bond donors (Lipinski definition) is 1. The van der Waals surface area contributed by atoms with E-state index in [0.717, 1.165) is 11.1 Å². The van der Waals surface area contributed by atoms with Gasteiger partial charge in [-0.2, -0.15) is 5.26 Å². The van der Waals surface area contributed by atoms with Crippen molar-refractivity contribution in [2.24, 2.45) is 0 Å². The predicted octanol–water partition coefficient (Wildman–Crippen LogP) is 6.91. The summed E-state index contributed by atoms with van der Waals surface area (Å²) in [6.45, 7) is 0. The molecule has 0 aliphatic carbocycles. The van der Waals surface area contributed by atoms with E-state index in [1.165, 1.54) is 30.3 Å². The van der Waals surface area contributed by atoms with Crippen molar-refractivity contribution in [2.45, 2.75) is 0 Å². The molecule has 8 heteroatoms. The molecule has 0 saturated heterocycles. The van der Waals surface area contributed by atoms with Gasteiger partial charge in [0.1, 0.15) is 23.2 Å². The van der Waals surface area contributed by atoms with E-state index < -0.39 is 10.8 Å². The van der Waals surface area contributed by atoms with Gasteiger partial charge in [0.2, 0.25) is 5.88 Å². The molecule has 5 aromatic rings. The zero-order valence-electron chi connectivity index (χ0n) is 18.7. The molecule has 0 unspecified atom stereocenters. The first-order valence-electron chi connectivity index (χ1n) is 10.9. The Balaban J connectivity index is 1.49. The quantitative estimate of drug-likeness (QED) is 0.210. The van der Waals surface area contributed by atoms with E-state index in [0.29, 0.717) is 22.6 Å². The van der Waals surface area contributed by atoms with Crippen molar-refractivity contribution in [1.29, 1.82) is 5.26 Å². The number of nitro benzene ring substituents is 1. The van der Waals surface area contributed by atoms with E-state index in [1.54, 1.807) is 6.07 Å². The summed E-state index contributed by atoms with van der Waals surface area (Å²) < 4.78 is 11.7. The average Bonchev–Trinajstić information content (AvgIpc) is 3.55. The average molecular weight is 475 g/mol. The van der Waals surface area contributed by atoms with Crippen LogP contribution in [0.15, 0.2) is 106 Å². The maximum Gasteiger partial charge on any atom is 0.293 e. The van der Waals surface area contributed by atoms with Crippen molar-refractivity contribution < 1.29 is 18.6 Å². The standard InChI is InChI=1S/C28H17N3O5/c29-17-22-25(19-7-3-1-4-8-19)26(20-9-5-2-6-10-20)36-28(22)30-27(32)24-16-15-23(35-24)18-11-13-21(14-12-18)31(33)34/h1-16H,(H,30,32). The molecule has 174 valence electrons. The van der Waals surface area contributed by atoms with Crippen LogP contribution in [0.3, 0.4) is 0 Å². The summed E-state index contributed by atoms with van der Waals surface area (Å²) in [6.07, 6.45) is 0. The fourth-order valence-corrected chi connectivity index (χ4v) is 3.83. The first-order valence-corrected chi connectivity index (χ1v) is 10.9. The Hall–Kier alpha value is -5.42. The lowest BCUT2D eigenvalue weighted by atomic mass is 9.98. The van der Waals surface area contributed by atoms with Crippen LogP contribution in [0.1, 0.15) is 16.1 Å². The van der Waals surface area contributed by atoms with Crippen LogP contribution in [0.2, 0.25) is 0 Å². The van der Waals surface area contributed by atoms with E-state index in [4.69, 9.17) is 8.83 Å². The lowest BCUT2D eigenvalue weighted by molar-refractivity contribution is -0.384. The second kappa shape index (κ2) is 9.44. The summed E-state index contributed by atoms with van der Waals surface area (Å²) in [6, 6.07) is 29.7. The normalized spacial score (nSPS) is 10.5. The summed E-state index contributed by atoms with van der Waals surface area (Å²) in [5.41, 5.74) is 2.82. The van der Waals surface area contributed by atoms with E-state index in [9.17, 15) is 20.2 Å². The van der Waals surface area contributed by atoms with Gasteiger partial charge in [-0.1, -0.05) is 60.7 Å². The van der Waals surface area contributed by atoms with Crippen LogP contribution in [0, 0.1) is 21.4 Å². The minimum Gasteiger partial charge on any atom is -0.451 e. The summed E-state index contributed by atoms with van der Waals surface area (Å²) in [4.78, 5) is 23.4. The van der Waals surface area contributed by atoms with Gasteiger partial charge in [-0.25, -0.2) is 0 Å². The number of non-ortho nitro benzene ring substituents is 1. The second-order valence-electron chi connectivity index (χ2n) is 7.78. The molecule has 2 heterocycles. The number of amides is 1. The number of nitriles is 1. The number of carbonyl (C=O) groups is 1. The number of anilines is 1. The molecule has 0 atom stereocenters. The number of rotatable bonds is 6. The molecule has 0 saturated carbocycles. The molecule has 5 rings (SSSR count). The Morgan fingerprint density at radius 2 is 1.44 bits per heavy atom. The Morgan fingerprint density at radius 3 is 2.06 bits per heavy atom. The zero-order chi connectivity index (χ0) is 25.1. The van der Waals surface area contributed by atoms with Gasteiger partial charge in [-0.05, 0) is 29.8 Å². The third-order valence-electron chi connectivity index (χ3n) is 5.54. The lowest BCUT2D eigenvalue weighted by Crippen LogP contribution is -2.11. The fraction of sp³-hybridized carbons (Fsp3) is 0. The predicted molar refractivity (Wildman–Crippen MR) is 133 cm³/mol. The van der Waals surface area contributed by atoms with Gasteiger partial charge in [0.15, 0.2) is 5.76 Å². The van der Waals surface area contributed by atoms with Crippen molar-refractivity contribution in [3.63, 3.8) is 0 Å². The summed E-state index contributed by atoms with van der Waals surface area (Å²) >= 11 is 0. The number of nitrogens with zero attached hydrogens (tertiary/aromatic N) is 2. The molecule has 3 aromatic carbocycles. The van der Waals surface area contributed by atoms with Crippen LogP contribution in [-0.2, 0) is 0 Å². The maximum atomic E-state index is 13.0. The smallest absolute Gasteiger partial charge is 0.293 e. The van der Waals surface area contributed by atoms with Gasteiger partial charge in [-0.3, -0.25) is 20.2 Å². The third-order valence-corrected chi connectivity index (χ3v) is 5.54. The number of furan rings is 2. The topological polar surface area (TPSA) is 122 Å². The van der Waals surface area contributed by atoms with Crippen LogP contribution in [0.5, 0.6) is 0 Å². The fourth-order valence-electron chi connectivity index (χ4n) is 3.83. The summed E-state index contributed by atoms with van der Waals surface area (Å²) in [5, 5.41) is 23.5. The highest BCUT2D eigenvalue weighted by atomic mass is 16.6. The largest absolute Gasteiger partial charge is 0.451 e. The van der Waals surface area contributed by atoms with Gasteiger partial charge in [0.25, 0.3) is 11.6 Å². The molecule has 2 aromatic heterocycles. The molecule has 0 radical (unpaired) electrons. The van der Waals surface area contributed by atoms with Crippen LogP contribution in [-0.4, -0.2) is 10.8 Å². The Morgan fingerprint density at radius 1 is 0.806 bits per heavy atom. The number of hydrogen-bond acceptors (Lipinski definition) is 6. The highest BCUT2D eigenvalue weighted by molar-refractivity contribution is 6.04. The van der Waals surface area contributed by atoms with E-state index >= 15 is 0 Å². The SMILES string of the molecule is N#Cc1c(NC(=O)c2ccc(-c3ccc([N+](=O)[O-])cc3)o2)oc(-c2ccccc2)c1-c1ccccc1. The molecule has 0 spiro atoms. The first kappa shape index (κ1) is 22.4. The van der Waals surface area contributed by atoms with Gasteiger partial charge in [0.05, 0.1) is 4.92 Å². The van der Waals surface area contributed by atoms with E-state index in [2.05, 4.69) is 11.4 Å². The van der Waals surface area contributed by atoms with Crippen LogP contribution in [0.4, 0.5) is 11.6 Å². The van der Waals surface area contributed by atoms with Crippen molar-refractivity contribution in [1.82, 2.24) is 0 Å². The molecule has 8 nitrogen and oxygen atoms in total. The molecule has 0 bridgehead atoms. The van der Waals surface area contributed by atoms with E-state index in [-0.39, 0.29) is 22.9 Å². The van der Waals surface area contributed by atoms with Gasteiger partial charge >= 0.3 is 0 Å². The number of nitrogens with one attached hydrogen (secondary N) is 1. The first-order chi connectivity index (χ1) is 17.5. The van der Waals surface area contributed by atoms with Gasteiger partial charge in [0, 0.05) is 28.8 Å². The Kier molecular flexibility index (Phi) is 5.87. The number of nitro groups is 1. The van der Waals surface area contributed by atoms with Gasteiger partial charge < -0.3 is 8.83 Å². The number of carbonyl (C=O) groups excluding carboxylic acids is 1. The molecular formula is C28H17N3O5. The van der Waals surface area contributed by atoms with Crippen molar-refractivity contribution >= 4 is 17.5 Å². The lowest BCUT2D eigenvalue weighted by Gasteiger charge is -2.03. The highest BCUT2D eigenvalue weighted by Crippen LogP contribution is 2.41. The van der Waals surface area contributed by atoms with Crippen LogP contribution in [0.25, 0.3) is 33.8 Å². The molecule has 1 amide bonds. The summed E-state index contributed by atoms with van der Waals surface area (Å²) in [7, 11) is 0. The minimum absolute atomic E-state index is 0.00786. The minimum atomic E-state index is -0.604. The highest BCUT2D eigenvalue weighted by Gasteiger charge is 2.25. The van der Waals surface area contributed by atoms with Crippen LogP contribution < -0.4 is 5.32 Å². The zero-order valence-corrected chi connectivity index (χ0v) is 18.7. The third kappa shape index (κ3) is 4.24. The monoisotopic (exact) mass is 475 g/mol. The molecule has 0 aliphatic rings. The second-order valence-corrected chi connectivity index (χ2v) is 7.78. The number of benzene rings is 3. The van der Waals surface area contributed by atoms with Crippen molar-refractivity contribution in [2.75, 3.05) is 5.32 Å².